The van der Waals surface area contributed by atoms with Gasteiger partial charge in [0.2, 0.25) is 11.8 Å². The SMILES string of the molecule is C=Cc1nn(C2CCCCO2)c2cnc(-c3c(C)nn(C)c3O[C@H](C)CN(Cc3c(I)c(OCC)nn3CCO[Si](C)(C)C(C)(C)C)C(C)C)cc12. The lowest BCUT2D eigenvalue weighted by molar-refractivity contribution is -0.0367. The number of ether oxygens (including phenoxy) is 3. The van der Waals surface area contributed by atoms with Crippen LogP contribution in [0.3, 0.4) is 0 Å². The molecule has 0 radical (unpaired) electrons. The quantitative estimate of drug-likeness (QED) is 0.0813. The van der Waals surface area contributed by atoms with E-state index in [-0.39, 0.29) is 23.4 Å². The predicted molar refractivity (Wildman–Crippen MR) is 218 cm³/mol. The molecular formula is C38H59IN8O4Si. The molecule has 0 bridgehead atoms. The summed E-state index contributed by atoms with van der Waals surface area (Å²) >= 11 is 2.38. The number of nitrogens with zero attached hydrogens (tertiary/aromatic N) is 8. The van der Waals surface area contributed by atoms with Crippen molar-refractivity contribution in [2.45, 2.75) is 124 Å². The first-order valence-corrected chi connectivity index (χ1v) is 22.6. The molecule has 5 heterocycles. The number of halogens is 1. The van der Waals surface area contributed by atoms with E-state index in [0.717, 1.165) is 68.7 Å². The summed E-state index contributed by atoms with van der Waals surface area (Å²) in [6.07, 6.45) is 6.57. The van der Waals surface area contributed by atoms with E-state index in [1.165, 1.54) is 0 Å². The third-order valence-corrected chi connectivity index (χ3v) is 16.0. The van der Waals surface area contributed by atoms with Gasteiger partial charge in [-0.25, -0.2) is 9.36 Å². The zero-order valence-electron chi connectivity index (χ0n) is 33.1. The molecular weight excluding hydrogens is 787 g/mol. The van der Waals surface area contributed by atoms with Crippen LogP contribution < -0.4 is 9.47 Å². The Balaban J connectivity index is 1.37. The third kappa shape index (κ3) is 8.77. The molecule has 1 saturated heterocycles. The second-order valence-corrected chi connectivity index (χ2v) is 21.5. The highest BCUT2D eigenvalue weighted by molar-refractivity contribution is 14.1. The van der Waals surface area contributed by atoms with Crippen LogP contribution in [-0.2, 0) is 29.3 Å². The summed E-state index contributed by atoms with van der Waals surface area (Å²) in [7, 11) is 0.0330. The van der Waals surface area contributed by atoms with Gasteiger partial charge in [0.1, 0.15) is 6.10 Å². The maximum Gasteiger partial charge on any atom is 0.246 e. The lowest BCUT2D eigenvalue weighted by Crippen LogP contribution is -2.41. The highest BCUT2D eigenvalue weighted by Gasteiger charge is 2.37. The van der Waals surface area contributed by atoms with Crippen LogP contribution in [0, 0.1) is 10.5 Å². The van der Waals surface area contributed by atoms with E-state index in [1.807, 2.05) is 36.5 Å². The largest absolute Gasteiger partial charge is 0.476 e. The Labute approximate surface area is 324 Å². The molecule has 0 aliphatic carbocycles. The van der Waals surface area contributed by atoms with Gasteiger partial charge in [0.25, 0.3) is 0 Å². The van der Waals surface area contributed by atoms with Crippen molar-refractivity contribution in [1.82, 2.24) is 39.2 Å². The number of aryl methyl sites for hydroxylation is 2. The number of aromatic nitrogens is 7. The third-order valence-electron chi connectivity index (χ3n) is 10.4. The van der Waals surface area contributed by atoms with Crippen LogP contribution in [0.25, 0.3) is 28.2 Å². The smallest absolute Gasteiger partial charge is 0.246 e. The molecule has 4 aromatic heterocycles. The molecule has 5 rings (SSSR count). The summed E-state index contributed by atoms with van der Waals surface area (Å²) in [5, 5.41) is 15.6. The first-order valence-electron chi connectivity index (χ1n) is 18.6. The average molecular weight is 847 g/mol. The van der Waals surface area contributed by atoms with Crippen LogP contribution >= 0.6 is 22.6 Å². The summed E-state index contributed by atoms with van der Waals surface area (Å²) in [4.78, 5) is 7.36. The molecule has 1 aliphatic heterocycles. The number of rotatable bonds is 16. The minimum Gasteiger partial charge on any atom is -0.476 e. The Bertz CT molecular complexity index is 1840. The fourth-order valence-electron chi connectivity index (χ4n) is 6.38. The van der Waals surface area contributed by atoms with Gasteiger partial charge in [-0.1, -0.05) is 27.4 Å². The Morgan fingerprint density at radius 1 is 1.17 bits per heavy atom. The predicted octanol–water partition coefficient (Wildman–Crippen LogP) is 8.38. The van der Waals surface area contributed by atoms with Crippen LogP contribution in [0.15, 0.2) is 18.8 Å². The first kappa shape index (κ1) is 40.4. The lowest BCUT2D eigenvalue weighted by Gasteiger charge is -2.36. The molecule has 12 nitrogen and oxygen atoms in total. The monoisotopic (exact) mass is 846 g/mol. The minimum absolute atomic E-state index is 0.0929. The molecule has 2 atom stereocenters. The maximum absolute atomic E-state index is 6.77. The summed E-state index contributed by atoms with van der Waals surface area (Å²) < 4.78 is 32.2. The Morgan fingerprint density at radius 3 is 2.56 bits per heavy atom. The minimum atomic E-state index is -1.89. The Kier molecular flexibility index (Phi) is 13.0. The normalized spacial score (nSPS) is 16.3. The molecule has 4 aromatic rings. The van der Waals surface area contributed by atoms with E-state index in [1.54, 1.807) is 6.08 Å². The molecule has 1 unspecified atom stereocenters. The second kappa shape index (κ2) is 16.7. The molecule has 0 N–H and O–H groups in total. The lowest BCUT2D eigenvalue weighted by atomic mass is 10.1. The van der Waals surface area contributed by atoms with Gasteiger partial charge < -0.3 is 18.6 Å². The van der Waals surface area contributed by atoms with Gasteiger partial charge in [-0.3, -0.25) is 14.6 Å². The van der Waals surface area contributed by atoms with Crippen LogP contribution in [0.4, 0.5) is 0 Å². The summed E-state index contributed by atoms with van der Waals surface area (Å²) in [6, 6.07) is 2.33. The van der Waals surface area contributed by atoms with Crippen molar-refractivity contribution in [3.8, 4) is 23.0 Å². The summed E-state index contributed by atoms with van der Waals surface area (Å²) in [6.45, 7) is 29.9. The van der Waals surface area contributed by atoms with E-state index in [2.05, 4.69) is 99.5 Å². The van der Waals surface area contributed by atoms with E-state index in [9.17, 15) is 0 Å². The maximum atomic E-state index is 6.77. The standard InChI is InChI=1S/C38H59IN8O4Si/c1-13-29-28-21-30(40-22-31(28)47(42-29)33-17-15-16-19-49-33)34-27(6)41-44(10)37(34)51-26(5)23-45(25(3)4)24-32-35(39)36(48-14-2)43-46(32)18-20-50-52(11,12)38(7,8)9/h13,21-22,25-26,33H,1,14-20,23-24H2,2-12H3/t26-,33?/m1/s1. The topological polar surface area (TPSA) is 107 Å². The molecule has 0 amide bonds. The van der Waals surface area contributed by atoms with Crippen molar-refractivity contribution in [2.24, 2.45) is 7.05 Å². The number of hydrogen-bond acceptors (Lipinski definition) is 9. The Morgan fingerprint density at radius 2 is 1.92 bits per heavy atom. The molecule has 1 aliphatic rings. The van der Waals surface area contributed by atoms with Crippen molar-refractivity contribution in [3.05, 3.63) is 39.5 Å². The number of hydrogen-bond donors (Lipinski definition) is 0. The highest BCUT2D eigenvalue weighted by atomic mass is 127. The van der Waals surface area contributed by atoms with Gasteiger partial charge in [-0.2, -0.15) is 10.2 Å². The summed E-state index contributed by atoms with van der Waals surface area (Å²) in [5.74, 6) is 1.36. The van der Waals surface area contributed by atoms with E-state index >= 15 is 0 Å². The van der Waals surface area contributed by atoms with Crippen LogP contribution in [0.5, 0.6) is 11.8 Å². The van der Waals surface area contributed by atoms with E-state index in [4.69, 9.17) is 38.9 Å². The highest BCUT2D eigenvalue weighted by Crippen LogP contribution is 2.38. The van der Waals surface area contributed by atoms with Crippen molar-refractivity contribution in [1.29, 1.82) is 0 Å². The van der Waals surface area contributed by atoms with Crippen molar-refractivity contribution in [2.75, 3.05) is 26.4 Å². The molecule has 0 aromatic carbocycles. The molecule has 0 spiro atoms. The van der Waals surface area contributed by atoms with Crippen LogP contribution in [-0.4, -0.2) is 86.1 Å². The van der Waals surface area contributed by atoms with Gasteiger partial charge in [-0.05, 0) is 107 Å². The fraction of sp³-hybridized carbons (Fsp3) is 0.632. The molecule has 0 saturated carbocycles. The van der Waals surface area contributed by atoms with E-state index in [0.29, 0.717) is 44.6 Å². The van der Waals surface area contributed by atoms with Crippen LogP contribution in [0.1, 0.15) is 91.0 Å². The van der Waals surface area contributed by atoms with Crippen LogP contribution in [0.2, 0.25) is 18.1 Å². The van der Waals surface area contributed by atoms with Crippen molar-refractivity contribution >= 4 is 47.9 Å². The van der Waals surface area contributed by atoms with Crippen molar-refractivity contribution < 1.29 is 18.6 Å². The molecule has 1 fully saturated rings. The average Bonchev–Trinajstić information content (AvgIpc) is 3.70. The molecule has 52 heavy (non-hydrogen) atoms. The van der Waals surface area contributed by atoms with Gasteiger partial charge >= 0.3 is 0 Å². The Hall–Kier alpha value is -2.79. The van der Waals surface area contributed by atoms with E-state index < -0.39 is 8.32 Å². The number of pyridine rings is 1. The zero-order chi connectivity index (χ0) is 38.0. The number of fused-ring (bicyclic) bond motifs is 1. The first-order chi connectivity index (χ1) is 24.6. The molecule has 286 valence electrons. The zero-order valence-corrected chi connectivity index (χ0v) is 36.3. The fourth-order valence-corrected chi connectivity index (χ4v) is 8.13. The summed E-state index contributed by atoms with van der Waals surface area (Å²) in [5.41, 5.74) is 5.38. The van der Waals surface area contributed by atoms with Gasteiger partial charge in [0.05, 0.1) is 63.4 Å². The molecule has 14 heteroatoms. The van der Waals surface area contributed by atoms with Gasteiger partial charge in [0.15, 0.2) is 14.5 Å². The van der Waals surface area contributed by atoms with Gasteiger partial charge in [-0.15, -0.1) is 5.10 Å². The van der Waals surface area contributed by atoms with Gasteiger partial charge in [0, 0.05) is 38.2 Å². The van der Waals surface area contributed by atoms with Crippen molar-refractivity contribution in [3.63, 3.8) is 0 Å². The second-order valence-electron chi connectivity index (χ2n) is 15.6.